The van der Waals surface area contributed by atoms with Gasteiger partial charge in [0.15, 0.2) is 0 Å². The third-order valence-electron chi connectivity index (χ3n) is 3.56. The van der Waals surface area contributed by atoms with E-state index >= 15 is 0 Å². The van der Waals surface area contributed by atoms with E-state index in [0.717, 1.165) is 29.9 Å². The highest BCUT2D eigenvalue weighted by molar-refractivity contribution is 5.46. The van der Waals surface area contributed by atoms with Crippen LogP contribution in [0.1, 0.15) is 43.7 Å². The molecule has 0 bridgehead atoms. The molecule has 1 unspecified atom stereocenters. The van der Waals surface area contributed by atoms with Crippen molar-refractivity contribution in [3.63, 3.8) is 0 Å². The Morgan fingerprint density at radius 1 is 1.15 bits per heavy atom. The molecule has 0 aliphatic rings. The van der Waals surface area contributed by atoms with E-state index in [-0.39, 0.29) is 6.04 Å². The number of unbranched alkanes of at least 4 members (excludes halogenated alkanes) is 3. The number of nitrogens with one attached hydrogen (secondary N) is 1. The summed E-state index contributed by atoms with van der Waals surface area (Å²) < 4.78 is 11.0. The van der Waals surface area contributed by atoms with Gasteiger partial charge in [0.1, 0.15) is 11.5 Å². The summed E-state index contributed by atoms with van der Waals surface area (Å²) in [6, 6.07) is 6.18. The van der Waals surface area contributed by atoms with Crippen LogP contribution in [-0.4, -0.2) is 21.3 Å². The lowest BCUT2D eigenvalue weighted by molar-refractivity contribution is 0.367. The number of rotatable bonds is 10. The molecule has 1 rings (SSSR count). The van der Waals surface area contributed by atoms with Gasteiger partial charge >= 0.3 is 0 Å². The predicted molar refractivity (Wildman–Crippen MR) is 84.6 cm³/mol. The number of methoxy groups -OCH3 is 2. The molecule has 0 spiro atoms. The summed E-state index contributed by atoms with van der Waals surface area (Å²) in [6.07, 6.45) is 7.77. The summed E-state index contributed by atoms with van der Waals surface area (Å²) in [5, 5.41) is 3.38. The molecule has 1 N–H and O–H groups in total. The van der Waals surface area contributed by atoms with Crippen molar-refractivity contribution in [3.8, 4) is 11.5 Å². The van der Waals surface area contributed by atoms with E-state index in [0.29, 0.717) is 0 Å². The molecule has 0 aromatic heterocycles. The number of hydrogen-bond acceptors (Lipinski definition) is 3. The third kappa shape index (κ3) is 4.57. The molecular formula is C17H27NO2. The zero-order valence-electron chi connectivity index (χ0n) is 12.9. The number of allylic oxidation sites excluding steroid dienone is 1. The van der Waals surface area contributed by atoms with Gasteiger partial charge in [0.25, 0.3) is 0 Å². The van der Waals surface area contributed by atoms with Gasteiger partial charge in [0, 0.05) is 6.04 Å². The van der Waals surface area contributed by atoms with Crippen molar-refractivity contribution in [2.75, 3.05) is 21.3 Å². The van der Waals surface area contributed by atoms with E-state index in [4.69, 9.17) is 9.47 Å². The molecule has 1 aromatic carbocycles. The Hall–Kier alpha value is -1.48. The van der Waals surface area contributed by atoms with Crippen molar-refractivity contribution in [2.45, 2.75) is 38.1 Å². The topological polar surface area (TPSA) is 30.5 Å². The Labute approximate surface area is 123 Å². The number of benzene rings is 1. The van der Waals surface area contributed by atoms with E-state index in [2.05, 4.69) is 11.9 Å². The van der Waals surface area contributed by atoms with Gasteiger partial charge in [-0.2, -0.15) is 0 Å². The highest BCUT2D eigenvalue weighted by Gasteiger charge is 2.18. The van der Waals surface area contributed by atoms with Crippen LogP contribution < -0.4 is 14.8 Å². The van der Waals surface area contributed by atoms with Crippen LogP contribution in [-0.2, 0) is 0 Å². The van der Waals surface area contributed by atoms with Gasteiger partial charge in [-0.05, 0) is 38.4 Å². The van der Waals surface area contributed by atoms with Crippen LogP contribution in [0.15, 0.2) is 30.9 Å². The van der Waals surface area contributed by atoms with Crippen LogP contribution in [0.25, 0.3) is 0 Å². The predicted octanol–water partition coefficient (Wildman–Crippen LogP) is 4.10. The van der Waals surface area contributed by atoms with Crippen molar-refractivity contribution in [3.05, 3.63) is 36.4 Å². The Morgan fingerprint density at radius 2 is 1.80 bits per heavy atom. The number of ether oxygens (including phenoxy) is 2. The Kier molecular flexibility index (Phi) is 7.81. The van der Waals surface area contributed by atoms with Gasteiger partial charge in [-0.3, -0.25) is 0 Å². The van der Waals surface area contributed by atoms with Gasteiger partial charge in [0.05, 0.1) is 19.8 Å². The Morgan fingerprint density at radius 3 is 2.30 bits per heavy atom. The quantitative estimate of drug-likeness (QED) is 0.516. The zero-order chi connectivity index (χ0) is 14.8. The van der Waals surface area contributed by atoms with E-state index in [1.807, 2.05) is 31.3 Å². The zero-order valence-corrected chi connectivity index (χ0v) is 12.9. The van der Waals surface area contributed by atoms with Gasteiger partial charge in [-0.15, -0.1) is 6.58 Å². The summed E-state index contributed by atoms with van der Waals surface area (Å²) in [6.45, 7) is 3.76. The second kappa shape index (κ2) is 9.43. The minimum atomic E-state index is 0.254. The van der Waals surface area contributed by atoms with Crippen molar-refractivity contribution in [1.82, 2.24) is 5.32 Å². The van der Waals surface area contributed by atoms with Crippen LogP contribution >= 0.6 is 0 Å². The molecule has 1 atom stereocenters. The number of hydrogen-bond donors (Lipinski definition) is 1. The van der Waals surface area contributed by atoms with Gasteiger partial charge < -0.3 is 14.8 Å². The molecule has 3 heteroatoms. The summed E-state index contributed by atoms with van der Waals surface area (Å²) in [4.78, 5) is 0. The maximum absolute atomic E-state index is 5.48. The van der Waals surface area contributed by atoms with Crippen LogP contribution in [0, 0.1) is 0 Å². The average Bonchev–Trinajstić information content (AvgIpc) is 2.50. The SMILES string of the molecule is C=CCCCCCC(NC)c1c(OC)cccc1OC. The van der Waals surface area contributed by atoms with Crippen molar-refractivity contribution >= 4 is 0 Å². The molecule has 0 radical (unpaired) electrons. The average molecular weight is 277 g/mol. The summed E-state index contributed by atoms with van der Waals surface area (Å²) >= 11 is 0. The molecule has 20 heavy (non-hydrogen) atoms. The van der Waals surface area contributed by atoms with Gasteiger partial charge in [-0.1, -0.05) is 25.0 Å². The van der Waals surface area contributed by atoms with Gasteiger partial charge in [-0.25, -0.2) is 0 Å². The van der Waals surface area contributed by atoms with E-state index < -0.39 is 0 Å². The fraction of sp³-hybridized carbons (Fsp3) is 0.529. The fourth-order valence-corrected chi connectivity index (χ4v) is 2.47. The van der Waals surface area contributed by atoms with E-state index in [1.54, 1.807) is 14.2 Å². The normalized spacial score (nSPS) is 11.9. The van der Waals surface area contributed by atoms with Crippen molar-refractivity contribution in [2.24, 2.45) is 0 Å². The first-order valence-corrected chi connectivity index (χ1v) is 7.27. The highest BCUT2D eigenvalue weighted by atomic mass is 16.5. The lowest BCUT2D eigenvalue weighted by Gasteiger charge is -2.21. The lowest BCUT2D eigenvalue weighted by Crippen LogP contribution is -2.18. The highest BCUT2D eigenvalue weighted by Crippen LogP contribution is 2.36. The van der Waals surface area contributed by atoms with E-state index in [1.165, 1.54) is 19.3 Å². The van der Waals surface area contributed by atoms with Crippen LogP contribution in [0.4, 0.5) is 0 Å². The summed E-state index contributed by atoms with van der Waals surface area (Å²) in [5.41, 5.74) is 1.11. The largest absolute Gasteiger partial charge is 0.496 e. The first-order chi connectivity index (χ1) is 9.78. The maximum atomic E-state index is 5.48. The van der Waals surface area contributed by atoms with Crippen LogP contribution in [0.2, 0.25) is 0 Å². The minimum Gasteiger partial charge on any atom is -0.496 e. The van der Waals surface area contributed by atoms with Crippen LogP contribution in [0.3, 0.4) is 0 Å². The second-order valence-corrected chi connectivity index (χ2v) is 4.84. The third-order valence-corrected chi connectivity index (χ3v) is 3.56. The summed E-state index contributed by atoms with van der Waals surface area (Å²) in [5.74, 6) is 1.77. The van der Waals surface area contributed by atoms with Crippen LogP contribution in [0.5, 0.6) is 11.5 Å². The van der Waals surface area contributed by atoms with Crippen molar-refractivity contribution in [1.29, 1.82) is 0 Å². The molecule has 0 fully saturated rings. The van der Waals surface area contributed by atoms with Gasteiger partial charge in [0.2, 0.25) is 0 Å². The second-order valence-electron chi connectivity index (χ2n) is 4.84. The molecule has 0 amide bonds. The molecule has 0 aliphatic carbocycles. The molecule has 1 aromatic rings. The smallest absolute Gasteiger partial charge is 0.127 e. The first-order valence-electron chi connectivity index (χ1n) is 7.27. The molecular weight excluding hydrogens is 250 g/mol. The molecule has 3 nitrogen and oxygen atoms in total. The fourth-order valence-electron chi connectivity index (χ4n) is 2.47. The standard InChI is InChI=1S/C17H27NO2/c1-5-6-7-8-9-11-14(18-2)17-15(19-3)12-10-13-16(17)20-4/h5,10,12-14,18H,1,6-9,11H2,2-4H3. The molecule has 0 saturated carbocycles. The molecule has 112 valence electrons. The summed E-state index contributed by atoms with van der Waals surface area (Å²) in [7, 11) is 5.39. The molecule has 0 saturated heterocycles. The molecule has 0 aliphatic heterocycles. The Bertz CT molecular complexity index is 382. The Balaban J connectivity index is 2.75. The lowest BCUT2D eigenvalue weighted by atomic mass is 9.98. The van der Waals surface area contributed by atoms with Crippen molar-refractivity contribution < 1.29 is 9.47 Å². The molecule has 0 heterocycles. The maximum Gasteiger partial charge on any atom is 0.127 e. The minimum absolute atomic E-state index is 0.254. The van der Waals surface area contributed by atoms with E-state index in [9.17, 15) is 0 Å². The first kappa shape index (κ1) is 16.6. The monoisotopic (exact) mass is 277 g/mol.